The van der Waals surface area contributed by atoms with Crippen molar-refractivity contribution in [2.24, 2.45) is 0 Å². The maximum atomic E-state index is 13.0. The minimum Gasteiger partial charge on any atom is -0.462 e. The van der Waals surface area contributed by atoms with Crippen LogP contribution >= 0.6 is 15.6 Å². The number of hydrogen-bond donors (Lipinski definition) is 3. The molecule has 0 aromatic rings. The molecule has 0 aromatic carbocycles. The van der Waals surface area contributed by atoms with E-state index in [-0.39, 0.29) is 25.7 Å². The lowest BCUT2D eigenvalue weighted by Crippen LogP contribution is -2.30. The van der Waals surface area contributed by atoms with E-state index in [1.54, 1.807) is 0 Å². The summed E-state index contributed by atoms with van der Waals surface area (Å²) >= 11 is 0. The molecule has 532 valence electrons. The van der Waals surface area contributed by atoms with Gasteiger partial charge in [0, 0.05) is 25.7 Å². The highest BCUT2D eigenvalue weighted by molar-refractivity contribution is 7.47. The number of hydrogen-bond acceptors (Lipinski definition) is 15. The van der Waals surface area contributed by atoms with E-state index >= 15 is 0 Å². The maximum absolute atomic E-state index is 13.0. The molecule has 5 atom stereocenters. The number of ether oxygens (including phenoxy) is 4. The number of carbonyl (C=O) groups is 4. The smallest absolute Gasteiger partial charge is 0.462 e. The van der Waals surface area contributed by atoms with E-state index in [2.05, 4.69) is 113 Å². The molecule has 0 spiro atoms. The van der Waals surface area contributed by atoms with Gasteiger partial charge in [-0.15, -0.1) is 0 Å². The van der Waals surface area contributed by atoms with Crippen molar-refractivity contribution in [3.05, 3.63) is 85.1 Å². The molecular formula is C73H128O17P2. The van der Waals surface area contributed by atoms with Crippen molar-refractivity contribution < 1.29 is 80.2 Å². The van der Waals surface area contributed by atoms with E-state index in [4.69, 9.17) is 37.0 Å². The highest BCUT2D eigenvalue weighted by Crippen LogP contribution is 2.45. The molecular weight excluding hydrogens is 1210 g/mol. The van der Waals surface area contributed by atoms with E-state index in [1.165, 1.54) is 70.6 Å². The average Bonchev–Trinajstić information content (AvgIpc) is 2.93. The fraction of sp³-hybridized carbons (Fsp3) is 0.753. The van der Waals surface area contributed by atoms with Gasteiger partial charge in [0.2, 0.25) is 0 Å². The Morgan fingerprint density at radius 2 is 0.576 bits per heavy atom. The zero-order valence-corrected chi connectivity index (χ0v) is 59.5. The summed E-state index contributed by atoms with van der Waals surface area (Å²) < 4.78 is 68.2. The summed E-state index contributed by atoms with van der Waals surface area (Å²) in [6.07, 6.45) is 64.6. The summed E-state index contributed by atoms with van der Waals surface area (Å²) in [6.45, 7) is 4.61. The van der Waals surface area contributed by atoms with Crippen LogP contribution < -0.4 is 0 Å². The van der Waals surface area contributed by atoms with E-state index < -0.39 is 97.5 Å². The average molecular weight is 1340 g/mol. The quantitative estimate of drug-likeness (QED) is 0.0169. The summed E-state index contributed by atoms with van der Waals surface area (Å²) in [5, 5.41) is 10.6. The van der Waals surface area contributed by atoms with E-state index in [9.17, 15) is 43.2 Å². The molecule has 0 bridgehead atoms. The Balaban J connectivity index is 5.36. The summed E-state index contributed by atoms with van der Waals surface area (Å²) in [7, 11) is -9.94. The standard InChI is InChI=1S/C73H128O17P2/c1-5-9-13-17-21-25-29-31-33-35-39-42-46-50-54-58-71(76)84-64-69(90-73(78)60-56-52-48-44-40-36-34-32-30-26-22-18-14-10-6-2)66-88-92(81,82)86-62-67(74)61-85-91(79,80)87-65-68(89-72(77)59-55-51-47-43-38-28-24-20-16-12-8-4)63-83-70(75)57-53-49-45-41-37-27-23-19-15-11-7-3/h9,13,19,21-23,25-26,31-34,39,42,67-69,74H,5-8,10-12,14-18,20,24,27-30,35-38,40-41,43-66H2,1-4H3,(H,79,80)(H,81,82)/b13-9-,23-19-,25-21-,26-22-,33-31-,34-32-,42-39-. The van der Waals surface area contributed by atoms with Crippen molar-refractivity contribution in [2.75, 3.05) is 39.6 Å². The van der Waals surface area contributed by atoms with E-state index in [0.717, 1.165) is 148 Å². The minimum absolute atomic E-state index is 0.0705. The van der Waals surface area contributed by atoms with Crippen LogP contribution in [0.2, 0.25) is 0 Å². The third kappa shape index (κ3) is 64.9. The first-order valence-electron chi connectivity index (χ1n) is 35.8. The van der Waals surface area contributed by atoms with Crippen molar-refractivity contribution >= 4 is 39.5 Å². The molecule has 0 radical (unpaired) electrons. The van der Waals surface area contributed by atoms with Gasteiger partial charge in [0.25, 0.3) is 0 Å². The van der Waals surface area contributed by atoms with Gasteiger partial charge < -0.3 is 33.8 Å². The summed E-state index contributed by atoms with van der Waals surface area (Å²) in [6, 6.07) is 0. The molecule has 0 amide bonds. The molecule has 0 fully saturated rings. The van der Waals surface area contributed by atoms with Crippen LogP contribution in [-0.4, -0.2) is 96.7 Å². The van der Waals surface area contributed by atoms with Crippen molar-refractivity contribution in [1.82, 2.24) is 0 Å². The predicted molar refractivity (Wildman–Crippen MR) is 372 cm³/mol. The van der Waals surface area contributed by atoms with Gasteiger partial charge in [-0.3, -0.25) is 37.3 Å². The molecule has 0 saturated carbocycles. The highest BCUT2D eigenvalue weighted by atomic mass is 31.2. The van der Waals surface area contributed by atoms with Gasteiger partial charge in [-0.2, -0.15) is 0 Å². The van der Waals surface area contributed by atoms with Crippen molar-refractivity contribution in [1.29, 1.82) is 0 Å². The number of esters is 4. The number of phosphoric acid groups is 2. The van der Waals surface area contributed by atoms with Gasteiger partial charge in [0.15, 0.2) is 12.2 Å². The number of carbonyl (C=O) groups excluding carboxylic acids is 4. The summed E-state index contributed by atoms with van der Waals surface area (Å²) in [4.78, 5) is 72.5. The monoisotopic (exact) mass is 1340 g/mol. The van der Waals surface area contributed by atoms with Crippen LogP contribution in [0, 0.1) is 0 Å². The molecule has 0 saturated heterocycles. The SMILES string of the molecule is CC/C=C\C/C=C\C/C=C\C/C=C\CCCCC(=O)OCC(COP(=O)(O)OCC(O)COP(=O)(O)OCC(COC(=O)CCCCCCC/C=C\CCCC)OC(=O)CCCCCCCCCCCCC)OC(=O)CCCCCCC/C=C\C/C=C\CCCCC. The predicted octanol–water partition coefficient (Wildman–Crippen LogP) is 19.9. The fourth-order valence-corrected chi connectivity index (χ4v) is 10.9. The van der Waals surface area contributed by atoms with Crippen LogP contribution in [0.3, 0.4) is 0 Å². The molecule has 0 aromatic heterocycles. The minimum atomic E-state index is -4.98. The first-order chi connectivity index (χ1) is 44.7. The molecule has 0 aliphatic heterocycles. The lowest BCUT2D eigenvalue weighted by molar-refractivity contribution is -0.161. The largest absolute Gasteiger partial charge is 0.472 e. The van der Waals surface area contributed by atoms with Crippen molar-refractivity contribution in [2.45, 2.75) is 316 Å². The Bertz CT molecular complexity index is 2090. The highest BCUT2D eigenvalue weighted by Gasteiger charge is 2.30. The van der Waals surface area contributed by atoms with Crippen LogP contribution in [0.1, 0.15) is 297 Å². The lowest BCUT2D eigenvalue weighted by atomic mass is 10.1. The Kier molecular flexibility index (Phi) is 63.2. The third-order valence-corrected chi connectivity index (χ3v) is 16.7. The Morgan fingerprint density at radius 3 is 0.957 bits per heavy atom. The first kappa shape index (κ1) is 88.2. The molecule has 92 heavy (non-hydrogen) atoms. The fourth-order valence-electron chi connectivity index (χ4n) is 9.34. The molecule has 0 aliphatic carbocycles. The maximum Gasteiger partial charge on any atom is 0.472 e. The molecule has 5 unspecified atom stereocenters. The van der Waals surface area contributed by atoms with Crippen LogP contribution in [0.5, 0.6) is 0 Å². The van der Waals surface area contributed by atoms with Crippen molar-refractivity contribution in [3.63, 3.8) is 0 Å². The third-order valence-electron chi connectivity index (χ3n) is 14.8. The van der Waals surface area contributed by atoms with Gasteiger partial charge >= 0.3 is 39.5 Å². The zero-order valence-electron chi connectivity index (χ0n) is 57.7. The molecule has 19 heteroatoms. The Hall–Kier alpha value is -3.76. The van der Waals surface area contributed by atoms with Crippen LogP contribution in [0.4, 0.5) is 0 Å². The number of aliphatic hydroxyl groups is 1. The summed E-state index contributed by atoms with van der Waals surface area (Å²) in [5.41, 5.74) is 0. The number of rotatable bonds is 67. The molecule has 0 aliphatic rings. The molecule has 3 N–H and O–H groups in total. The number of phosphoric ester groups is 2. The van der Waals surface area contributed by atoms with E-state index in [0.29, 0.717) is 25.7 Å². The second kappa shape index (κ2) is 65.9. The van der Waals surface area contributed by atoms with Gasteiger partial charge in [-0.25, -0.2) is 9.13 Å². The Labute approximate surface area is 557 Å². The lowest BCUT2D eigenvalue weighted by Gasteiger charge is -2.21. The molecule has 17 nitrogen and oxygen atoms in total. The zero-order chi connectivity index (χ0) is 67.5. The van der Waals surface area contributed by atoms with Gasteiger partial charge in [0.1, 0.15) is 19.3 Å². The molecule has 0 rings (SSSR count). The second-order valence-electron chi connectivity index (χ2n) is 23.8. The topological polar surface area (TPSA) is 237 Å². The number of aliphatic hydroxyl groups excluding tert-OH is 1. The van der Waals surface area contributed by atoms with Gasteiger partial charge in [0.05, 0.1) is 26.4 Å². The van der Waals surface area contributed by atoms with Crippen molar-refractivity contribution in [3.8, 4) is 0 Å². The normalized spacial score (nSPS) is 14.6. The van der Waals surface area contributed by atoms with E-state index in [1.807, 2.05) is 0 Å². The summed E-state index contributed by atoms with van der Waals surface area (Å²) in [5.74, 6) is -2.24. The van der Waals surface area contributed by atoms with Gasteiger partial charge in [-0.1, -0.05) is 241 Å². The van der Waals surface area contributed by atoms with Crippen LogP contribution in [0.15, 0.2) is 85.1 Å². The van der Waals surface area contributed by atoms with Crippen LogP contribution in [0.25, 0.3) is 0 Å². The Morgan fingerprint density at radius 1 is 0.315 bits per heavy atom. The first-order valence-corrected chi connectivity index (χ1v) is 38.8. The number of allylic oxidation sites excluding steroid dienone is 14. The molecule has 0 heterocycles. The number of unbranched alkanes of at least 4 members (excludes halogenated alkanes) is 27. The van der Waals surface area contributed by atoms with Gasteiger partial charge in [-0.05, 0) is 116 Å². The van der Waals surface area contributed by atoms with Crippen LogP contribution in [-0.2, 0) is 65.4 Å². The second-order valence-corrected chi connectivity index (χ2v) is 26.7.